The van der Waals surface area contributed by atoms with Crippen molar-refractivity contribution in [1.29, 1.82) is 0 Å². The number of amides is 1. The predicted octanol–water partition coefficient (Wildman–Crippen LogP) is 5.24. The van der Waals surface area contributed by atoms with Gasteiger partial charge >= 0.3 is 5.97 Å². The molecule has 1 atom stereocenters. The molecule has 0 saturated heterocycles. The molecule has 0 radical (unpaired) electrons. The fourth-order valence-corrected chi connectivity index (χ4v) is 2.84. The number of halogens is 2. The van der Waals surface area contributed by atoms with E-state index >= 15 is 0 Å². The van der Waals surface area contributed by atoms with Gasteiger partial charge in [-0.05, 0) is 67.6 Å². The second-order valence-electron chi connectivity index (χ2n) is 6.38. The molecule has 0 bridgehead atoms. The molecule has 0 aliphatic carbocycles. The fraction of sp³-hybridized carbons (Fsp3) is 0.0870. The highest BCUT2D eigenvalue weighted by molar-refractivity contribution is 9.10. The summed E-state index contributed by atoms with van der Waals surface area (Å²) in [4.78, 5) is 24.6. The van der Waals surface area contributed by atoms with Gasteiger partial charge in [-0.2, -0.15) is 5.10 Å². The Kier molecular flexibility index (Phi) is 7.81. The van der Waals surface area contributed by atoms with E-state index in [0.29, 0.717) is 27.6 Å². The second kappa shape index (κ2) is 10.7. The third-order valence-electron chi connectivity index (χ3n) is 4.08. The number of para-hydroxylation sites is 1. The van der Waals surface area contributed by atoms with Crippen molar-refractivity contribution in [2.24, 2.45) is 5.10 Å². The Morgan fingerprint density at radius 2 is 1.71 bits per heavy atom. The molecule has 0 spiro atoms. The van der Waals surface area contributed by atoms with Crippen LogP contribution in [0.5, 0.6) is 11.5 Å². The number of hydrogen-bond donors (Lipinski definition) is 1. The molecule has 0 heterocycles. The van der Waals surface area contributed by atoms with Crippen LogP contribution in [0.15, 0.2) is 82.4 Å². The van der Waals surface area contributed by atoms with Gasteiger partial charge in [-0.25, -0.2) is 10.2 Å². The first-order chi connectivity index (χ1) is 14.9. The van der Waals surface area contributed by atoms with Crippen molar-refractivity contribution in [3.8, 4) is 11.5 Å². The minimum atomic E-state index is -0.753. The standard InChI is InChI=1S/C23H18BrClN2O4/c1-15(30-20-12-8-18(24)9-13-20)22(28)27-26-14-17-4-2-3-5-21(17)31-23(29)16-6-10-19(25)11-7-16/h2-15H,1H3,(H,27,28)/b26-14-/t15-/m1/s1. The van der Waals surface area contributed by atoms with Gasteiger partial charge in [0, 0.05) is 15.1 Å². The van der Waals surface area contributed by atoms with Gasteiger partial charge in [0.05, 0.1) is 11.8 Å². The topological polar surface area (TPSA) is 77.0 Å². The van der Waals surface area contributed by atoms with E-state index in [1.807, 2.05) is 12.1 Å². The number of benzene rings is 3. The smallest absolute Gasteiger partial charge is 0.343 e. The first-order valence-electron chi connectivity index (χ1n) is 9.24. The SMILES string of the molecule is C[C@@H](Oc1ccc(Br)cc1)C(=O)N/N=C\c1ccccc1OC(=O)c1ccc(Cl)cc1. The summed E-state index contributed by atoms with van der Waals surface area (Å²) >= 11 is 9.19. The van der Waals surface area contributed by atoms with E-state index < -0.39 is 18.0 Å². The van der Waals surface area contributed by atoms with E-state index in [1.54, 1.807) is 67.6 Å². The Hall–Kier alpha value is -3.16. The van der Waals surface area contributed by atoms with Crippen LogP contribution >= 0.6 is 27.5 Å². The highest BCUT2D eigenvalue weighted by atomic mass is 79.9. The summed E-state index contributed by atoms with van der Waals surface area (Å²) in [5.74, 6) is -0.0817. The fourth-order valence-electron chi connectivity index (χ4n) is 2.45. The second-order valence-corrected chi connectivity index (χ2v) is 7.73. The summed E-state index contributed by atoms with van der Waals surface area (Å²) in [5, 5.41) is 4.48. The van der Waals surface area contributed by atoms with E-state index in [0.717, 1.165) is 4.47 Å². The van der Waals surface area contributed by atoms with Gasteiger partial charge < -0.3 is 9.47 Å². The third-order valence-corrected chi connectivity index (χ3v) is 4.86. The van der Waals surface area contributed by atoms with Crippen molar-refractivity contribution < 1.29 is 19.1 Å². The minimum Gasteiger partial charge on any atom is -0.481 e. The van der Waals surface area contributed by atoms with Crippen LogP contribution in [0.25, 0.3) is 0 Å². The van der Waals surface area contributed by atoms with Gasteiger partial charge in [0.25, 0.3) is 5.91 Å². The molecular weight excluding hydrogens is 484 g/mol. The Balaban J connectivity index is 1.60. The van der Waals surface area contributed by atoms with Crippen LogP contribution in [0.4, 0.5) is 0 Å². The third kappa shape index (κ3) is 6.67. The number of carbonyl (C=O) groups excluding carboxylic acids is 2. The minimum absolute atomic E-state index is 0.305. The lowest BCUT2D eigenvalue weighted by atomic mass is 10.2. The van der Waals surface area contributed by atoms with Gasteiger partial charge in [0.1, 0.15) is 11.5 Å². The van der Waals surface area contributed by atoms with Gasteiger partial charge in [-0.1, -0.05) is 39.7 Å². The lowest BCUT2D eigenvalue weighted by molar-refractivity contribution is -0.127. The Morgan fingerprint density at radius 1 is 1.03 bits per heavy atom. The first kappa shape index (κ1) is 22.5. The molecule has 0 unspecified atom stereocenters. The van der Waals surface area contributed by atoms with E-state index in [9.17, 15) is 9.59 Å². The van der Waals surface area contributed by atoms with Crippen molar-refractivity contribution in [3.05, 3.63) is 93.4 Å². The van der Waals surface area contributed by atoms with Gasteiger partial charge in [-0.3, -0.25) is 4.79 Å². The largest absolute Gasteiger partial charge is 0.481 e. The highest BCUT2D eigenvalue weighted by Gasteiger charge is 2.14. The average molecular weight is 502 g/mol. The summed E-state index contributed by atoms with van der Waals surface area (Å²) in [6, 6.07) is 20.4. The van der Waals surface area contributed by atoms with Gasteiger partial charge in [0.2, 0.25) is 0 Å². The maximum absolute atomic E-state index is 12.3. The Labute approximate surface area is 193 Å². The summed E-state index contributed by atoms with van der Waals surface area (Å²) in [5.41, 5.74) is 3.31. The van der Waals surface area contributed by atoms with Crippen LogP contribution < -0.4 is 14.9 Å². The van der Waals surface area contributed by atoms with E-state index in [2.05, 4.69) is 26.5 Å². The monoisotopic (exact) mass is 500 g/mol. The van der Waals surface area contributed by atoms with Crippen LogP contribution in [0.2, 0.25) is 5.02 Å². The highest BCUT2D eigenvalue weighted by Crippen LogP contribution is 2.19. The van der Waals surface area contributed by atoms with Crippen LogP contribution in [0.1, 0.15) is 22.8 Å². The zero-order valence-corrected chi connectivity index (χ0v) is 18.8. The summed E-state index contributed by atoms with van der Waals surface area (Å²) in [7, 11) is 0. The molecule has 3 aromatic rings. The molecule has 3 aromatic carbocycles. The zero-order chi connectivity index (χ0) is 22.2. The van der Waals surface area contributed by atoms with Crippen molar-refractivity contribution in [3.63, 3.8) is 0 Å². The van der Waals surface area contributed by atoms with E-state index in [4.69, 9.17) is 21.1 Å². The molecule has 6 nitrogen and oxygen atoms in total. The number of nitrogens with one attached hydrogen (secondary N) is 1. The van der Waals surface area contributed by atoms with Gasteiger partial charge in [0.15, 0.2) is 6.10 Å². The van der Waals surface area contributed by atoms with Crippen molar-refractivity contribution in [1.82, 2.24) is 5.43 Å². The lowest BCUT2D eigenvalue weighted by Gasteiger charge is -2.13. The number of rotatable bonds is 7. The molecule has 1 N–H and O–H groups in total. The molecule has 8 heteroatoms. The Morgan fingerprint density at radius 3 is 2.42 bits per heavy atom. The molecule has 3 rings (SSSR count). The number of hydrazone groups is 1. The summed E-state index contributed by atoms with van der Waals surface area (Å²) in [6.45, 7) is 1.62. The number of nitrogens with zero attached hydrogens (tertiary/aromatic N) is 1. The maximum Gasteiger partial charge on any atom is 0.343 e. The number of ether oxygens (including phenoxy) is 2. The molecule has 0 aliphatic heterocycles. The molecule has 0 aromatic heterocycles. The van der Waals surface area contributed by atoms with Gasteiger partial charge in [-0.15, -0.1) is 0 Å². The first-order valence-corrected chi connectivity index (χ1v) is 10.4. The van der Waals surface area contributed by atoms with Crippen LogP contribution in [-0.4, -0.2) is 24.2 Å². The quantitative estimate of drug-likeness (QED) is 0.208. The number of carbonyl (C=O) groups is 2. The molecular formula is C23H18BrClN2O4. The average Bonchev–Trinajstić information content (AvgIpc) is 2.76. The molecule has 31 heavy (non-hydrogen) atoms. The van der Waals surface area contributed by atoms with Crippen LogP contribution in [0.3, 0.4) is 0 Å². The van der Waals surface area contributed by atoms with Crippen molar-refractivity contribution in [2.45, 2.75) is 13.0 Å². The molecule has 0 aliphatic rings. The number of hydrogen-bond acceptors (Lipinski definition) is 5. The normalized spacial score (nSPS) is 11.7. The molecule has 158 valence electrons. The zero-order valence-electron chi connectivity index (χ0n) is 16.4. The van der Waals surface area contributed by atoms with Crippen molar-refractivity contribution >= 4 is 45.6 Å². The molecule has 0 fully saturated rings. The summed E-state index contributed by atoms with van der Waals surface area (Å²) < 4.78 is 11.9. The molecule has 1 amide bonds. The predicted molar refractivity (Wildman–Crippen MR) is 123 cm³/mol. The maximum atomic E-state index is 12.3. The van der Waals surface area contributed by atoms with Crippen LogP contribution in [0, 0.1) is 0 Å². The van der Waals surface area contributed by atoms with E-state index in [1.165, 1.54) is 6.21 Å². The van der Waals surface area contributed by atoms with Crippen molar-refractivity contribution in [2.75, 3.05) is 0 Å². The van der Waals surface area contributed by atoms with E-state index in [-0.39, 0.29) is 0 Å². The Bertz CT molecular complexity index is 1090. The summed E-state index contributed by atoms with van der Waals surface area (Å²) in [6.07, 6.45) is 0.644. The van der Waals surface area contributed by atoms with Crippen LogP contribution in [-0.2, 0) is 4.79 Å². The molecule has 0 saturated carbocycles. The number of esters is 1. The lowest BCUT2D eigenvalue weighted by Crippen LogP contribution is -2.33.